The van der Waals surface area contributed by atoms with Gasteiger partial charge in [-0.25, -0.2) is 9.67 Å². The Kier molecular flexibility index (Phi) is 4.13. The lowest BCUT2D eigenvalue weighted by Crippen LogP contribution is -2.50. The van der Waals surface area contributed by atoms with Crippen molar-refractivity contribution in [2.24, 2.45) is 10.4 Å². The molecule has 2 aromatic heterocycles. The largest absolute Gasteiger partial charge is 0.390 e. The van der Waals surface area contributed by atoms with E-state index in [1.54, 1.807) is 0 Å². The molecule has 2 bridgehead atoms. The van der Waals surface area contributed by atoms with E-state index in [1.165, 1.54) is 12.0 Å². The summed E-state index contributed by atoms with van der Waals surface area (Å²) in [6, 6.07) is 11.4. The molecule has 2 aliphatic heterocycles. The molecule has 7 rings (SSSR count). The third-order valence-corrected chi connectivity index (χ3v) is 8.50. The molecule has 0 amide bonds. The lowest BCUT2D eigenvalue weighted by Gasteiger charge is -2.45. The van der Waals surface area contributed by atoms with Crippen molar-refractivity contribution in [2.75, 3.05) is 18.5 Å². The molecule has 6 heteroatoms. The van der Waals surface area contributed by atoms with Crippen LogP contribution in [0, 0.1) is 5.41 Å². The van der Waals surface area contributed by atoms with Gasteiger partial charge in [-0.1, -0.05) is 18.6 Å². The second kappa shape index (κ2) is 6.64. The van der Waals surface area contributed by atoms with E-state index < -0.39 is 5.60 Å². The van der Waals surface area contributed by atoms with Gasteiger partial charge < -0.3 is 10.0 Å². The summed E-state index contributed by atoms with van der Waals surface area (Å²) >= 11 is 0. The van der Waals surface area contributed by atoms with E-state index in [-0.39, 0.29) is 10.8 Å². The van der Waals surface area contributed by atoms with Crippen LogP contribution in [0.4, 0.5) is 5.82 Å². The van der Waals surface area contributed by atoms with E-state index >= 15 is 0 Å². The molecule has 0 radical (unpaired) electrons. The Morgan fingerprint density at radius 2 is 2.00 bits per heavy atom. The van der Waals surface area contributed by atoms with Crippen molar-refractivity contribution in [3.63, 3.8) is 0 Å². The van der Waals surface area contributed by atoms with Gasteiger partial charge in [-0.3, -0.25) is 4.99 Å². The Morgan fingerprint density at radius 3 is 2.66 bits per heavy atom. The minimum atomic E-state index is -0.663. The van der Waals surface area contributed by atoms with Crippen molar-refractivity contribution in [1.82, 2.24) is 14.8 Å². The van der Waals surface area contributed by atoms with E-state index in [4.69, 9.17) is 10.1 Å². The van der Waals surface area contributed by atoms with Gasteiger partial charge in [0.15, 0.2) is 0 Å². The molecule has 2 saturated carbocycles. The third kappa shape index (κ3) is 2.71. The molecule has 3 aromatic rings. The summed E-state index contributed by atoms with van der Waals surface area (Å²) in [7, 11) is 1.87. The van der Waals surface area contributed by atoms with Crippen LogP contribution in [0.15, 0.2) is 47.7 Å². The van der Waals surface area contributed by atoms with E-state index in [9.17, 15) is 5.11 Å². The molecule has 32 heavy (non-hydrogen) atoms. The predicted molar refractivity (Wildman–Crippen MR) is 128 cm³/mol. The van der Waals surface area contributed by atoms with Crippen molar-refractivity contribution in [1.29, 1.82) is 0 Å². The molecule has 2 saturated heterocycles. The third-order valence-electron chi connectivity index (χ3n) is 8.50. The van der Waals surface area contributed by atoms with E-state index in [2.05, 4.69) is 40.4 Å². The molecular formula is C26H31N5O. The SMILES string of the molecule is CN=CC1(c2ccc3cnn(-c4ccnc(N5CC6(C(C)(C)O)CC5C6)c4)c3c2)CCC1. The van der Waals surface area contributed by atoms with Crippen molar-refractivity contribution in [3.8, 4) is 5.69 Å². The first-order valence-corrected chi connectivity index (χ1v) is 11.7. The van der Waals surface area contributed by atoms with Crippen molar-refractivity contribution >= 4 is 22.9 Å². The highest BCUT2D eigenvalue weighted by Gasteiger charge is 2.62. The number of aliphatic hydroxyl groups is 1. The number of aliphatic imine (C=N–C) groups is 1. The Labute approximate surface area is 189 Å². The fourth-order valence-corrected chi connectivity index (χ4v) is 6.14. The maximum absolute atomic E-state index is 10.7. The highest BCUT2D eigenvalue weighted by atomic mass is 16.3. The number of aromatic nitrogens is 3. The molecule has 166 valence electrons. The highest BCUT2D eigenvalue weighted by Crippen LogP contribution is 2.58. The normalized spacial score (nSPS) is 26.5. The minimum Gasteiger partial charge on any atom is -0.390 e. The van der Waals surface area contributed by atoms with Gasteiger partial charge in [0.05, 0.1) is 23.0 Å². The molecule has 4 fully saturated rings. The van der Waals surface area contributed by atoms with E-state index in [0.717, 1.165) is 54.6 Å². The number of benzene rings is 1. The summed E-state index contributed by atoms with van der Waals surface area (Å²) < 4.78 is 2.03. The number of pyridine rings is 1. The summed E-state index contributed by atoms with van der Waals surface area (Å²) in [5.74, 6) is 0.976. The van der Waals surface area contributed by atoms with Gasteiger partial charge in [0.25, 0.3) is 0 Å². The van der Waals surface area contributed by atoms with Crippen LogP contribution in [0.2, 0.25) is 0 Å². The number of nitrogens with zero attached hydrogens (tertiary/aromatic N) is 5. The van der Waals surface area contributed by atoms with Gasteiger partial charge in [-0.15, -0.1) is 0 Å². The van der Waals surface area contributed by atoms with Crippen LogP contribution in [0.1, 0.15) is 51.5 Å². The molecule has 0 atom stereocenters. The molecule has 6 nitrogen and oxygen atoms in total. The maximum atomic E-state index is 10.7. The summed E-state index contributed by atoms with van der Waals surface area (Å²) in [6.45, 7) is 4.75. The van der Waals surface area contributed by atoms with Crippen LogP contribution >= 0.6 is 0 Å². The first-order valence-electron chi connectivity index (χ1n) is 11.7. The smallest absolute Gasteiger partial charge is 0.130 e. The summed E-state index contributed by atoms with van der Waals surface area (Å²) in [4.78, 5) is 11.4. The zero-order chi connectivity index (χ0) is 22.1. The first kappa shape index (κ1) is 19.9. The second-order valence-electron chi connectivity index (χ2n) is 10.6. The monoisotopic (exact) mass is 429 g/mol. The number of fused-ring (bicyclic) bond motifs is 2. The molecule has 0 unspecified atom stereocenters. The topological polar surface area (TPSA) is 66.5 Å². The van der Waals surface area contributed by atoms with Gasteiger partial charge in [0, 0.05) is 54.3 Å². The predicted octanol–water partition coefficient (Wildman–Crippen LogP) is 4.28. The van der Waals surface area contributed by atoms with Gasteiger partial charge in [0.1, 0.15) is 5.82 Å². The van der Waals surface area contributed by atoms with Crippen LogP contribution in [-0.2, 0) is 5.41 Å². The van der Waals surface area contributed by atoms with Crippen LogP contribution in [0.3, 0.4) is 0 Å². The standard InChI is InChI=1S/C26H31N5O/c1-24(2,32)26-13-21(14-26)30(17-26)23-12-20(7-10-28-23)31-22-11-19(6-5-18(22)15-29-31)25(16-27-3)8-4-9-25/h5-7,10-12,15-16,21,32H,4,8-9,13-14,17H2,1-3H3. The van der Waals surface area contributed by atoms with Crippen LogP contribution in [0.25, 0.3) is 16.6 Å². The average molecular weight is 430 g/mol. The Hall–Kier alpha value is -2.73. The van der Waals surface area contributed by atoms with E-state index in [0.29, 0.717) is 6.04 Å². The number of anilines is 1. The fraction of sp³-hybridized carbons (Fsp3) is 0.500. The first-order chi connectivity index (χ1) is 15.3. The molecule has 4 aliphatic rings. The number of rotatable bonds is 5. The van der Waals surface area contributed by atoms with Crippen molar-refractivity contribution in [3.05, 3.63) is 48.3 Å². The van der Waals surface area contributed by atoms with Crippen molar-refractivity contribution < 1.29 is 5.11 Å². The highest BCUT2D eigenvalue weighted by molar-refractivity contribution is 5.84. The molecule has 2 aliphatic carbocycles. The Bertz CT molecular complexity index is 1210. The fourth-order valence-electron chi connectivity index (χ4n) is 6.14. The number of hydrogen-bond acceptors (Lipinski definition) is 5. The Morgan fingerprint density at radius 1 is 1.19 bits per heavy atom. The summed E-state index contributed by atoms with van der Waals surface area (Å²) in [5.41, 5.74) is 2.86. The lowest BCUT2D eigenvalue weighted by atomic mass is 9.61. The summed E-state index contributed by atoms with van der Waals surface area (Å²) in [6.07, 6.45) is 11.6. The van der Waals surface area contributed by atoms with E-state index in [1.807, 2.05) is 44.0 Å². The molecule has 0 spiro atoms. The summed E-state index contributed by atoms with van der Waals surface area (Å²) in [5, 5.41) is 16.6. The zero-order valence-corrected chi connectivity index (χ0v) is 19.1. The van der Waals surface area contributed by atoms with Crippen molar-refractivity contribution in [2.45, 2.75) is 63.0 Å². The average Bonchev–Trinajstić information content (AvgIpc) is 3.41. The van der Waals surface area contributed by atoms with Gasteiger partial charge in [-0.05, 0) is 57.2 Å². The number of hydrogen-bond donors (Lipinski definition) is 1. The molecule has 4 heterocycles. The quantitative estimate of drug-likeness (QED) is 0.615. The second-order valence-corrected chi connectivity index (χ2v) is 10.6. The molecular weight excluding hydrogens is 398 g/mol. The minimum absolute atomic E-state index is 0.0133. The van der Waals surface area contributed by atoms with Gasteiger partial charge in [-0.2, -0.15) is 5.10 Å². The molecule has 1 N–H and O–H groups in total. The maximum Gasteiger partial charge on any atom is 0.130 e. The van der Waals surface area contributed by atoms with Crippen LogP contribution < -0.4 is 4.90 Å². The Balaban J connectivity index is 1.36. The lowest BCUT2D eigenvalue weighted by molar-refractivity contribution is -0.0754. The zero-order valence-electron chi connectivity index (χ0n) is 19.1. The van der Waals surface area contributed by atoms with Gasteiger partial charge in [0.2, 0.25) is 0 Å². The van der Waals surface area contributed by atoms with Gasteiger partial charge >= 0.3 is 0 Å². The van der Waals surface area contributed by atoms with Crippen LogP contribution in [0.5, 0.6) is 0 Å². The van der Waals surface area contributed by atoms with Crippen LogP contribution in [-0.4, -0.2) is 51.3 Å². The molecule has 1 aromatic carbocycles.